The Morgan fingerprint density at radius 3 is 1.34 bits per heavy atom. The van der Waals surface area contributed by atoms with Crippen LogP contribution in [0, 0.1) is 47.3 Å². The van der Waals surface area contributed by atoms with Crippen molar-refractivity contribution in [2.24, 2.45) is 47.3 Å². The Balaban J connectivity index is 0.555. The predicted molar refractivity (Wildman–Crippen MR) is 461 cm³/mol. The highest BCUT2D eigenvalue weighted by Gasteiger charge is 2.64. The predicted octanol–water partition coefficient (Wildman–Crippen LogP) is 28.8. The molecule has 2 heterocycles. The van der Waals surface area contributed by atoms with Crippen molar-refractivity contribution in [2.75, 3.05) is 9.80 Å². The molecule has 3 nitrogen and oxygen atoms in total. The number of benzene rings is 15. The molecular formula is C106H81N3S. The molecule has 7 fully saturated rings. The van der Waals surface area contributed by atoms with Gasteiger partial charge in [0, 0.05) is 81.0 Å². The van der Waals surface area contributed by atoms with Crippen LogP contribution in [0.2, 0.25) is 0 Å². The number of anilines is 6. The molecule has 2 spiro atoms. The van der Waals surface area contributed by atoms with Crippen LogP contribution in [0.1, 0.15) is 86.5 Å². The molecule has 9 aliphatic carbocycles. The van der Waals surface area contributed by atoms with Gasteiger partial charge in [0.2, 0.25) is 0 Å². The van der Waals surface area contributed by atoms with Gasteiger partial charge in [-0.05, 0) is 303 Å². The summed E-state index contributed by atoms with van der Waals surface area (Å²) >= 11 is 1.92. The maximum absolute atomic E-state index is 2.66. The number of fused-ring (bicyclic) bond motifs is 15. The molecule has 9 aliphatic rings. The first-order valence-electron chi connectivity index (χ1n) is 40.8. The number of hydrogen-bond acceptors (Lipinski definition) is 3. The SMILES string of the molecule is c1ccc2c(c1)-c1ccc(N(c3ccc(-c4ccc(-n5c6ccccc6c6ccccc65)cc4)cc3)c3cccc4cc(-c5ccc6c(c5)sc5cc(-c7ccc(N(c8ccc9c(c8)C8(c%10ccccc%10-9)[C@H]9CCC%10C[C@@H](C9)C[C@H]%108)c8cccc9ccccc89)cc7)ccc56)ccc34)cc1C21C2CC3CC(C2)CC1C3. The fraction of sp³-hybridized carbons (Fsp3) is 0.189. The van der Waals surface area contributed by atoms with Crippen molar-refractivity contribution < 1.29 is 0 Å². The summed E-state index contributed by atoms with van der Waals surface area (Å²) in [7, 11) is 0. The van der Waals surface area contributed by atoms with E-state index in [9.17, 15) is 0 Å². The van der Waals surface area contributed by atoms with Gasteiger partial charge in [0.05, 0.1) is 22.4 Å². The van der Waals surface area contributed by atoms with Gasteiger partial charge in [-0.3, -0.25) is 0 Å². The monoisotopic (exact) mass is 1430 g/mol. The van der Waals surface area contributed by atoms with Crippen LogP contribution in [0.25, 0.3) is 125 Å². The smallest absolute Gasteiger partial charge is 0.0541 e. The molecule has 0 radical (unpaired) electrons. The van der Waals surface area contributed by atoms with E-state index in [-0.39, 0.29) is 10.8 Å². The Kier molecular flexibility index (Phi) is 13.3. The number of para-hydroxylation sites is 2. The molecular weight excluding hydrogens is 1350 g/mol. The van der Waals surface area contributed by atoms with E-state index < -0.39 is 0 Å². The Hall–Kier alpha value is -11.6. The van der Waals surface area contributed by atoms with Gasteiger partial charge in [-0.25, -0.2) is 0 Å². The Morgan fingerprint density at radius 2 is 0.718 bits per heavy atom. The van der Waals surface area contributed by atoms with Crippen molar-refractivity contribution in [1.82, 2.24) is 4.57 Å². The van der Waals surface area contributed by atoms with Gasteiger partial charge in [0.25, 0.3) is 0 Å². The van der Waals surface area contributed by atoms with E-state index in [1.807, 2.05) is 11.3 Å². The molecule has 7 saturated carbocycles. The summed E-state index contributed by atoms with van der Waals surface area (Å²) in [5.74, 6) is 6.24. The number of thiophene rings is 1. The van der Waals surface area contributed by atoms with Gasteiger partial charge in [-0.2, -0.15) is 0 Å². The lowest BCUT2D eigenvalue weighted by molar-refractivity contribution is -0.0399. The third-order valence-electron chi connectivity index (χ3n) is 29.2. The zero-order valence-corrected chi connectivity index (χ0v) is 62.4. The highest BCUT2D eigenvalue weighted by atomic mass is 32.1. The molecule has 17 aromatic rings. The van der Waals surface area contributed by atoms with E-state index in [1.165, 1.54) is 217 Å². The average Bonchev–Trinajstić information content (AvgIpc) is 1.50. The average molecular weight is 1430 g/mol. The minimum atomic E-state index is 0.0493. The van der Waals surface area contributed by atoms with Crippen molar-refractivity contribution in [3.05, 3.63) is 344 Å². The largest absolute Gasteiger partial charge is 0.310 e. The zero-order valence-electron chi connectivity index (χ0n) is 61.5. The first-order valence-corrected chi connectivity index (χ1v) is 41.6. The summed E-state index contributed by atoms with van der Waals surface area (Å²) in [5, 5.41) is 10.2. The van der Waals surface area contributed by atoms with Crippen LogP contribution < -0.4 is 9.80 Å². The van der Waals surface area contributed by atoms with Gasteiger partial charge < -0.3 is 14.4 Å². The molecule has 15 aromatic carbocycles. The van der Waals surface area contributed by atoms with Gasteiger partial charge >= 0.3 is 0 Å². The van der Waals surface area contributed by atoms with Crippen LogP contribution in [-0.4, -0.2) is 4.57 Å². The molecule has 2 aromatic heterocycles. The summed E-state index contributed by atoms with van der Waals surface area (Å²) in [6.07, 6.45) is 13.8. The maximum Gasteiger partial charge on any atom is 0.0541 e. The summed E-state index contributed by atoms with van der Waals surface area (Å²) in [6, 6.07) is 124. The molecule has 0 saturated heterocycles. The van der Waals surface area contributed by atoms with Crippen molar-refractivity contribution in [2.45, 2.75) is 75.0 Å². The van der Waals surface area contributed by atoms with Crippen LogP contribution in [0.3, 0.4) is 0 Å². The topological polar surface area (TPSA) is 11.4 Å². The fourth-order valence-electron chi connectivity index (χ4n) is 25.2. The van der Waals surface area contributed by atoms with E-state index in [0.29, 0.717) is 17.8 Å². The molecule has 2 unspecified atom stereocenters. The molecule has 26 rings (SSSR count). The van der Waals surface area contributed by atoms with Crippen molar-refractivity contribution in [1.29, 1.82) is 0 Å². The number of nitrogens with zero attached hydrogens (tertiary/aromatic N) is 3. The fourth-order valence-corrected chi connectivity index (χ4v) is 26.4. The first-order chi connectivity index (χ1) is 54.4. The van der Waals surface area contributed by atoms with Crippen LogP contribution in [0.4, 0.5) is 34.1 Å². The van der Waals surface area contributed by atoms with Crippen LogP contribution in [-0.2, 0) is 10.8 Å². The Bertz CT molecular complexity index is 6620. The minimum Gasteiger partial charge on any atom is -0.310 e. The molecule has 7 bridgehead atoms. The highest BCUT2D eigenvalue weighted by Crippen LogP contribution is 2.72. The summed E-state index contributed by atoms with van der Waals surface area (Å²) < 4.78 is 5.02. The first kappa shape index (κ1) is 62.3. The normalized spacial score (nSPS) is 23.3. The second-order valence-corrected chi connectivity index (χ2v) is 35.3. The molecule has 526 valence electrons. The highest BCUT2D eigenvalue weighted by molar-refractivity contribution is 7.25. The van der Waals surface area contributed by atoms with E-state index in [1.54, 1.807) is 22.3 Å². The summed E-state index contributed by atoms with van der Waals surface area (Å²) in [5.41, 5.74) is 30.5. The van der Waals surface area contributed by atoms with Crippen LogP contribution in [0.15, 0.2) is 322 Å². The second kappa shape index (κ2) is 23.5. The van der Waals surface area contributed by atoms with Gasteiger partial charge in [-0.1, -0.05) is 218 Å². The number of hydrogen-bond donors (Lipinski definition) is 0. The van der Waals surface area contributed by atoms with E-state index in [2.05, 4.69) is 336 Å². The van der Waals surface area contributed by atoms with E-state index in [4.69, 9.17) is 0 Å². The quantitative estimate of drug-likeness (QED) is 0.135. The molecule has 4 heteroatoms. The van der Waals surface area contributed by atoms with Crippen molar-refractivity contribution >= 4 is 109 Å². The maximum atomic E-state index is 2.66. The summed E-state index contributed by atoms with van der Waals surface area (Å²) in [6.45, 7) is 0. The second-order valence-electron chi connectivity index (χ2n) is 34.2. The molecule has 0 N–H and O–H groups in total. The third-order valence-corrected chi connectivity index (χ3v) is 30.3. The lowest BCUT2D eigenvalue weighted by Crippen LogP contribution is -2.55. The lowest BCUT2D eigenvalue weighted by Gasteiger charge is -2.61. The minimum absolute atomic E-state index is 0.0493. The molecule has 0 amide bonds. The van der Waals surface area contributed by atoms with Crippen LogP contribution >= 0.6 is 11.3 Å². The standard InChI is InChI=1S/C106H81N3S/c1-2-16-84-70(13-1)14-11-25-99(84)107(83-45-50-89-87-18-4-8-22-95(87)106(98(89)63-83)76-37-27-75-52-66(53-76)58-96(75)106)80-40-32-69(33-41-80)72-35-47-92-93-48-36-73(61-104(93)110-103(92)60-72)71-34-46-85-74(59-71)15-12-26-100(85)108(82-44-49-88-86-17-3-7-21-94(86)105(97(88)62-82)77-54-64-51-65(56-77)57-78(105)55-64)79-38-28-67(29-39-79)68-30-42-81(43-31-68)109-101-23-9-5-19-90(101)91-20-6-10-24-102(91)109/h1-26,28-36,38-50,59-66,75-78,96H,27,37,51-58H2/t64?,65?,66-,75?,76-,77?,78?,96+,105?,106?/m0/s1. The number of aromatic nitrogens is 1. The van der Waals surface area contributed by atoms with Crippen molar-refractivity contribution in [3.63, 3.8) is 0 Å². The van der Waals surface area contributed by atoms with Crippen LogP contribution in [0.5, 0.6) is 0 Å². The van der Waals surface area contributed by atoms with E-state index in [0.717, 1.165) is 35.3 Å². The summed E-state index contributed by atoms with van der Waals surface area (Å²) in [4.78, 5) is 5.15. The van der Waals surface area contributed by atoms with Crippen molar-refractivity contribution in [3.8, 4) is 61.3 Å². The lowest BCUT2D eigenvalue weighted by atomic mass is 9.43. The third kappa shape index (κ3) is 8.83. The zero-order chi connectivity index (χ0) is 71.7. The number of rotatable bonds is 10. The van der Waals surface area contributed by atoms with Gasteiger partial charge in [0.15, 0.2) is 0 Å². The van der Waals surface area contributed by atoms with E-state index >= 15 is 0 Å². The molecule has 110 heavy (non-hydrogen) atoms. The molecule has 5 atom stereocenters. The Labute approximate surface area is 646 Å². The van der Waals surface area contributed by atoms with Gasteiger partial charge in [-0.15, -0.1) is 11.3 Å². The molecule has 0 aliphatic heterocycles. The Morgan fingerprint density at radius 1 is 0.282 bits per heavy atom. The van der Waals surface area contributed by atoms with Gasteiger partial charge in [0.1, 0.15) is 0 Å².